The van der Waals surface area contributed by atoms with Crippen LogP contribution in [-0.4, -0.2) is 41.6 Å². The van der Waals surface area contributed by atoms with Crippen LogP contribution in [0.25, 0.3) is 0 Å². The van der Waals surface area contributed by atoms with Gasteiger partial charge >= 0.3 is 0 Å². The predicted molar refractivity (Wildman–Crippen MR) is 63.3 cm³/mol. The molecule has 0 saturated carbocycles. The molecule has 1 fully saturated rings. The highest BCUT2D eigenvalue weighted by Crippen LogP contribution is 2.18. The van der Waals surface area contributed by atoms with Gasteiger partial charge in [-0.05, 0) is 28.9 Å². The van der Waals surface area contributed by atoms with Gasteiger partial charge in [0.15, 0.2) is 0 Å². The number of pyridine rings is 1. The summed E-state index contributed by atoms with van der Waals surface area (Å²) in [6.45, 7) is 3.88. The number of carbonyl (C=O) groups excluding carboxylic acids is 1. The van der Waals surface area contributed by atoms with Crippen molar-refractivity contribution < 1.29 is 9.53 Å². The number of nitrogens with zero attached hydrogens (tertiary/aromatic N) is 2. The highest BCUT2D eigenvalue weighted by molar-refractivity contribution is 9.10. The largest absolute Gasteiger partial charge is 0.375 e. The van der Waals surface area contributed by atoms with Gasteiger partial charge in [-0.1, -0.05) is 0 Å². The van der Waals surface area contributed by atoms with Crippen LogP contribution in [0, 0.1) is 0 Å². The zero-order valence-electron chi connectivity index (χ0n) is 9.02. The van der Waals surface area contributed by atoms with Gasteiger partial charge in [-0.2, -0.15) is 0 Å². The molecule has 1 aromatic rings. The Labute approximate surface area is 103 Å². The summed E-state index contributed by atoms with van der Waals surface area (Å²) < 4.78 is 6.14. The quantitative estimate of drug-likeness (QED) is 0.788. The van der Waals surface area contributed by atoms with Crippen LogP contribution >= 0.6 is 15.9 Å². The number of rotatable bonds is 1. The number of hydrogen-bond acceptors (Lipinski definition) is 3. The lowest BCUT2D eigenvalue weighted by molar-refractivity contribution is -0.0124. The van der Waals surface area contributed by atoms with E-state index >= 15 is 0 Å². The van der Waals surface area contributed by atoms with E-state index in [4.69, 9.17) is 4.74 Å². The molecule has 1 aliphatic heterocycles. The number of halogens is 1. The van der Waals surface area contributed by atoms with Crippen LogP contribution in [0.2, 0.25) is 0 Å². The Morgan fingerprint density at radius 2 is 2.50 bits per heavy atom. The molecule has 0 aliphatic carbocycles. The van der Waals surface area contributed by atoms with Crippen molar-refractivity contribution in [1.82, 2.24) is 9.88 Å². The minimum absolute atomic E-state index is 0.0319. The normalized spacial score (nSPS) is 20.9. The Morgan fingerprint density at radius 1 is 1.69 bits per heavy atom. The van der Waals surface area contributed by atoms with E-state index in [1.807, 2.05) is 11.8 Å². The first kappa shape index (κ1) is 11.5. The zero-order chi connectivity index (χ0) is 11.5. The smallest absolute Gasteiger partial charge is 0.255 e. The van der Waals surface area contributed by atoms with E-state index in [2.05, 4.69) is 20.9 Å². The van der Waals surface area contributed by atoms with Crippen molar-refractivity contribution in [3.05, 3.63) is 28.5 Å². The molecule has 16 heavy (non-hydrogen) atoms. The molecule has 2 rings (SSSR count). The lowest BCUT2D eigenvalue weighted by atomic mass is 10.2. The molecule has 4 nitrogen and oxygen atoms in total. The summed E-state index contributed by atoms with van der Waals surface area (Å²) >= 11 is 3.34. The molecule has 0 aromatic carbocycles. The molecule has 1 aliphatic rings. The highest BCUT2D eigenvalue weighted by Gasteiger charge is 2.23. The van der Waals surface area contributed by atoms with Gasteiger partial charge in [0, 0.05) is 30.0 Å². The second-order valence-corrected chi connectivity index (χ2v) is 4.64. The molecule has 0 N–H and O–H groups in total. The van der Waals surface area contributed by atoms with Crippen LogP contribution in [0.4, 0.5) is 0 Å². The van der Waals surface area contributed by atoms with Crippen LogP contribution in [0.15, 0.2) is 22.9 Å². The van der Waals surface area contributed by atoms with Gasteiger partial charge in [-0.3, -0.25) is 9.78 Å². The molecule has 2 heterocycles. The summed E-state index contributed by atoms with van der Waals surface area (Å²) in [6.07, 6.45) is 3.37. The average Bonchev–Trinajstić information content (AvgIpc) is 2.29. The second kappa shape index (κ2) is 4.93. The van der Waals surface area contributed by atoms with Gasteiger partial charge in [-0.25, -0.2) is 0 Å². The van der Waals surface area contributed by atoms with Crippen molar-refractivity contribution in [3.8, 4) is 0 Å². The van der Waals surface area contributed by atoms with Gasteiger partial charge < -0.3 is 9.64 Å². The van der Waals surface area contributed by atoms with Crippen LogP contribution in [0.3, 0.4) is 0 Å². The SMILES string of the molecule is C[C@H]1CN(C(=O)c2ccncc2Br)CCO1. The number of carbonyl (C=O) groups is 1. The molecule has 0 spiro atoms. The van der Waals surface area contributed by atoms with Gasteiger partial charge in [0.1, 0.15) is 0 Å². The maximum absolute atomic E-state index is 12.2. The Kier molecular flexibility index (Phi) is 3.56. The molecule has 1 atom stereocenters. The first-order valence-corrected chi connectivity index (χ1v) is 5.98. The number of aromatic nitrogens is 1. The molecular weight excluding hydrogens is 272 g/mol. The van der Waals surface area contributed by atoms with E-state index in [1.54, 1.807) is 18.5 Å². The predicted octanol–water partition coefficient (Wildman–Crippen LogP) is 1.71. The Morgan fingerprint density at radius 3 is 3.19 bits per heavy atom. The summed E-state index contributed by atoms with van der Waals surface area (Å²) in [5.74, 6) is 0.0319. The molecule has 0 unspecified atom stereocenters. The zero-order valence-corrected chi connectivity index (χ0v) is 10.6. The average molecular weight is 285 g/mol. The monoisotopic (exact) mass is 284 g/mol. The fraction of sp³-hybridized carbons (Fsp3) is 0.455. The van der Waals surface area contributed by atoms with Crippen LogP contribution in [-0.2, 0) is 4.74 Å². The molecule has 1 aromatic heterocycles. The van der Waals surface area contributed by atoms with E-state index in [0.717, 1.165) is 4.47 Å². The third-order valence-electron chi connectivity index (χ3n) is 2.53. The minimum Gasteiger partial charge on any atom is -0.375 e. The standard InChI is InChI=1S/C11H13BrN2O2/c1-8-7-14(4-5-16-8)11(15)9-2-3-13-6-10(9)12/h2-3,6,8H,4-5,7H2,1H3/t8-/m0/s1. The van der Waals surface area contributed by atoms with E-state index in [9.17, 15) is 4.79 Å². The van der Waals surface area contributed by atoms with E-state index in [0.29, 0.717) is 25.3 Å². The summed E-state index contributed by atoms with van der Waals surface area (Å²) in [7, 11) is 0. The fourth-order valence-corrected chi connectivity index (χ4v) is 2.14. The first-order chi connectivity index (χ1) is 7.68. The summed E-state index contributed by atoms with van der Waals surface area (Å²) in [4.78, 5) is 17.9. The van der Waals surface area contributed by atoms with E-state index in [-0.39, 0.29) is 12.0 Å². The lowest BCUT2D eigenvalue weighted by Crippen LogP contribution is -2.44. The molecule has 86 valence electrons. The summed E-state index contributed by atoms with van der Waals surface area (Å²) in [5.41, 5.74) is 0.657. The highest BCUT2D eigenvalue weighted by atomic mass is 79.9. The van der Waals surface area contributed by atoms with Crippen molar-refractivity contribution in [1.29, 1.82) is 0 Å². The third-order valence-corrected chi connectivity index (χ3v) is 3.16. The van der Waals surface area contributed by atoms with Crippen molar-refractivity contribution in [2.45, 2.75) is 13.0 Å². The van der Waals surface area contributed by atoms with Crippen molar-refractivity contribution in [3.63, 3.8) is 0 Å². The maximum atomic E-state index is 12.2. The summed E-state index contributed by atoms with van der Waals surface area (Å²) in [5, 5.41) is 0. The number of amides is 1. The topological polar surface area (TPSA) is 42.4 Å². The fourth-order valence-electron chi connectivity index (χ4n) is 1.72. The minimum atomic E-state index is 0.0319. The molecule has 0 bridgehead atoms. The van der Waals surface area contributed by atoms with Crippen molar-refractivity contribution in [2.24, 2.45) is 0 Å². The van der Waals surface area contributed by atoms with Gasteiger partial charge in [0.05, 0.1) is 18.3 Å². The van der Waals surface area contributed by atoms with Gasteiger partial charge in [-0.15, -0.1) is 0 Å². The van der Waals surface area contributed by atoms with Crippen LogP contribution in [0.1, 0.15) is 17.3 Å². The van der Waals surface area contributed by atoms with E-state index in [1.165, 1.54) is 0 Å². The number of ether oxygens (including phenoxy) is 1. The maximum Gasteiger partial charge on any atom is 0.255 e. The van der Waals surface area contributed by atoms with Crippen LogP contribution < -0.4 is 0 Å². The Bertz CT molecular complexity index is 397. The van der Waals surface area contributed by atoms with Crippen molar-refractivity contribution >= 4 is 21.8 Å². The Hall–Kier alpha value is -0.940. The third kappa shape index (κ3) is 2.41. The van der Waals surface area contributed by atoms with Gasteiger partial charge in [0.25, 0.3) is 5.91 Å². The molecule has 1 saturated heterocycles. The van der Waals surface area contributed by atoms with Gasteiger partial charge in [0.2, 0.25) is 0 Å². The number of hydrogen-bond donors (Lipinski definition) is 0. The van der Waals surface area contributed by atoms with Crippen LogP contribution in [0.5, 0.6) is 0 Å². The van der Waals surface area contributed by atoms with Crippen molar-refractivity contribution in [2.75, 3.05) is 19.7 Å². The van der Waals surface area contributed by atoms with E-state index < -0.39 is 0 Å². The Balaban J connectivity index is 2.16. The summed E-state index contributed by atoms with van der Waals surface area (Å²) in [6, 6.07) is 1.73. The molecule has 0 radical (unpaired) electrons. The second-order valence-electron chi connectivity index (χ2n) is 3.79. The molecular formula is C11H13BrN2O2. The molecule has 1 amide bonds. The number of morpholine rings is 1. The lowest BCUT2D eigenvalue weighted by Gasteiger charge is -2.31. The first-order valence-electron chi connectivity index (χ1n) is 5.19. The molecule has 5 heteroatoms.